The molecule has 2 atom stereocenters. The van der Waals surface area contributed by atoms with E-state index in [0.717, 1.165) is 83.5 Å². The van der Waals surface area contributed by atoms with Gasteiger partial charge in [-0.15, -0.1) is 0 Å². The standard InChI is InChI=1S/C50H85NO7/c1-6-8-10-12-14-16-18-20-21-22-23-24-25-26-27-28-29-31-32-34-36-38-40-48(52)57-45-46(44-56-43-42-47(50(54)55)51(3,4)5)58-49(53)41-39-37-35-33-30-19-17-15-13-11-9-7-2/h8,10,14,16,20-21,23-24,26-27,29,31,46-47H,6-7,9,11-13,15,17-19,22,25,28,30,32-45H2,1-5H3/p+1/b10-8+,16-14+,21-20+,24-23+,27-26+,31-29+. The average molecular weight is 813 g/mol. The van der Waals surface area contributed by atoms with Crippen LogP contribution in [-0.4, -0.2) is 80.6 Å². The van der Waals surface area contributed by atoms with Crippen molar-refractivity contribution in [3.8, 4) is 0 Å². The summed E-state index contributed by atoms with van der Waals surface area (Å²) in [6.07, 6.45) is 50.9. The van der Waals surface area contributed by atoms with Gasteiger partial charge in [-0.2, -0.15) is 0 Å². The van der Waals surface area contributed by atoms with Crippen LogP contribution in [0, 0.1) is 0 Å². The molecule has 0 aliphatic rings. The van der Waals surface area contributed by atoms with Gasteiger partial charge in [0.25, 0.3) is 0 Å². The summed E-state index contributed by atoms with van der Waals surface area (Å²) >= 11 is 0. The number of rotatable bonds is 40. The third-order valence-corrected chi connectivity index (χ3v) is 9.87. The maximum absolute atomic E-state index is 12.7. The van der Waals surface area contributed by atoms with Crippen LogP contribution < -0.4 is 0 Å². The van der Waals surface area contributed by atoms with Crippen molar-refractivity contribution in [2.75, 3.05) is 41.0 Å². The highest BCUT2D eigenvalue weighted by atomic mass is 16.6. The Morgan fingerprint density at radius 1 is 0.534 bits per heavy atom. The lowest BCUT2D eigenvalue weighted by Crippen LogP contribution is -2.50. The van der Waals surface area contributed by atoms with Gasteiger partial charge in [-0.3, -0.25) is 9.59 Å². The fraction of sp³-hybridized carbons (Fsp3) is 0.700. The van der Waals surface area contributed by atoms with E-state index in [1.165, 1.54) is 57.8 Å². The lowest BCUT2D eigenvalue weighted by molar-refractivity contribution is -0.887. The van der Waals surface area contributed by atoms with Gasteiger partial charge in [0.2, 0.25) is 0 Å². The number of aliphatic carboxylic acids is 1. The second-order valence-electron chi connectivity index (χ2n) is 16.3. The number of unbranched alkanes of at least 4 members (excludes halogenated alkanes) is 14. The Balaban J connectivity index is 4.36. The molecule has 8 nitrogen and oxygen atoms in total. The van der Waals surface area contributed by atoms with E-state index in [9.17, 15) is 19.5 Å². The largest absolute Gasteiger partial charge is 0.477 e. The Kier molecular flexibility index (Phi) is 38.3. The molecular formula is C50H86NO7+. The number of allylic oxidation sites excluding steroid dienone is 12. The van der Waals surface area contributed by atoms with Crippen molar-refractivity contribution in [1.29, 1.82) is 0 Å². The number of hydrogen-bond acceptors (Lipinski definition) is 6. The molecule has 1 N–H and O–H groups in total. The van der Waals surface area contributed by atoms with E-state index in [0.29, 0.717) is 19.3 Å². The van der Waals surface area contributed by atoms with Crippen molar-refractivity contribution in [2.45, 2.75) is 187 Å². The maximum atomic E-state index is 12.7. The summed E-state index contributed by atoms with van der Waals surface area (Å²) in [6, 6.07) is -0.621. The number of quaternary nitrogens is 1. The summed E-state index contributed by atoms with van der Waals surface area (Å²) in [5.74, 6) is -1.51. The highest BCUT2D eigenvalue weighted by Gasteiger charge is 2.31. The number of esters is 2. The molecule has 8 heteroatoms. The summed E-state index contributed by atoms with van der Waals surface area (Å²) in [5, 5.41) is 9.62. The third kappa shape index (κ3) is 38.3. The second-order valence-corrected chi connectivity index (χ2v) is 16.3. The van der Waals surface area contributed by atoms with Crippen LogP contribution in [-0.2, 0) is 28.6 Å². The molecule has 0 bridgehead atoms. The monoisotopic (exact) mass is 813 g/mol. The smallest absolute Gasteiger partial charge is 0.362 e. The molecule has 0 saturated carbocycles. The van der Waals surface area contributed by atoms with Crippen LogP contribution in [0.15, 0.2) is 72.9 Å². The van der Waals surface area contributed by atoms with Crippen LogP contribution in [0.2, 0.25) is 0 Å². The van der Waals surface area contributed by atoms with Crippen LogP contribution in [0.1, 0.15) is 174 Å². The first kappa shape index (κ1) is 54.8. The summed E-state index contributed by atoms with van der Waals surface area (Å²) in [7, 11) is 5.51. The average Bonchev–Trinajstić information content (AvgIpc) is 3.18. The Morgan fingerprint density at radius 2 is 0.966 bits per heavy atom. The fourth-order valence-corrected chi connectivity index (χ4v) is 6.33. The van der Waals surface area contributed by atoms with Gasteiger partial charge in [0.15, 0.2) is 12.1 Å². The summed E-state index contributed by atoms with van der Waals surface area (Å²) in [4.78, 5) is 37.0. The molecule has 0 amide bonds. The SMILES string of the molecule is CC/C=C/C/C=C/C/C=C/C/C=C/C/C=C/C/C=C/CCCCCC(=O)OCC(COCCC(C(=O)O)[N+](C)(C)C)OC(=O)CCCCCCCCCCCCCC. The van der Waals surface area contributed by atoms with E-state index in [1.54, 1.807) is 0 Å². The number of ether oxygens (including phenoxy) is 3. The molecule has 0 fully saturated rings. The molecule has 0 radical (unpaired) electrons. The zero-order valence-corrected chi connectivity index (χ0v) is 37.7. The van der Waals surface area contributed by atoms with Gasteiger partial charge in [0.05, 0.1) is 34.4 Å². The first-order chi connectivity index (χ1) is 28.1. The molecule has 0 spiro atoms. The van der Waals surface area contributed by atoms with Crippen molar-refractivity contribution in [3.63, 3.8) is 0 Å². The number of likely N-dealkylation sites (N-methyl/N-ethyl adjacent to an activating group) is 1. The van der Waals surface area contributed by atoms with Crippen LogP contribution in [0.25, 0.3) is 0 Å². The van der Waals surface area contributed by atoms with Gasteiger partial charge < -0.3 is 23.8 Å². The highest BCUT2D eigenvalue weighted by molar-refractivity contribution is 5.72. The minimum Gasteiger partial charge on any atom is -0.477 e. The summed E-state index contributed by atoms with van der Waals surface area (Å²) < 4.78 is 17.2. The normalized spacial score (nSPS) is 13.6. The molecule has 332 valence electrons. The third-order valence-electron chi connectivity index (χ3n) is 9.87. The molecule has 0 rings (SSSR count). The predicted octanol–water partition coefficient (Wildman–Crippen LogP) is 12.7. The zero-order valence-electron chi connectivity index (χ0n) is 37.7. The van der Waals surface area contributed by atoms with E-state index >= 15 is 0 Å². The summed E-state index contributed by atoms with van der Waals surface area (Å²) in [6.45, 7) is 4.58. The minimum absolute atomic E-state index is 0.0485. The van der Waals surface area contributed by atoms with E-state index in [2.05, 4.69) is 86.8 Å². The molecule has 0 aliphatic heterocycles. The molecular weight excluding hydrogens is 727 g/mol. The lowest BCUT2D eigenvalue weighted by atomic mass is 10.0. The first-order valence-corrected chi connectivity index (χ1v) is 23.0. The van der Waals surface area contributed by atoms with Gasteiger partial charge in [0.1, 0.15) is 6.61 Å². The van der Waals surface area contributed by atoms with Crippen LogP contribution in [0.4, 0.5) is 0 Å². The first-order valence-electron chi connectivity index (χ1n) is 23.0. The quantitative estimate of drug-likeness (QED) is 0.0285. The van der Waals surface area contributed by atoms with Gasteiger partial charge in [-0.05, 0) is 64.2 Å². The van der Waals surface area contributed by atoms with E-state index in [1.807, 2.05) is 21.1 Å². The van der Waals surface area contributed by atoms with Crippen LogP contribution in [0.3, 0.4) is 0 Å². The lowest BCUT2D eigenvalue weighted by Gasteiger charge is -2.31. The Morgan fingerprint density at radius 3 is 1.43 bits per heavy atom. The number of carbonyl (C=O) groups excluding carboxylic acids is 2. The molecule has 0 heterocycles. The fourth-order valence-electron chi connectivity index (χ4n) is 6.33. The van der Waals surface area contributed by atoms with Crippen LogP contribution in [0.5, 0.6) is 0 Å². The Bertz CT molecular complexity index is 1180. The summed E-state index contributed by atoms with van der Waals surface area (Å²) in [5.41, 5.74) is 0. The highest BCUT2D eigenvalue weighted by Crippen LogP contribution is 2.14. The molecule has 0 saturated heterocycles. The van der Waals surface area contributed by atoms with Gasteiger partial charge in [-0.1, -0.05) is 164 Å². The van der Waals surface area contributed by atoms with E-state index in [-0.39, 0.29) is 36.2 Å². The zero-order chi connectivity index (χ0) is 42.8. The Hall–Kier alpha value is -3.23. The van der Waals surface area contributed by atoms with Crippen molar-refractivity contribution >= 4 is 17.9 Å². The van der Waals surface area contributed by atoms with Crippen LogP contribution >= 0.6 is 0 Å². The molecule has 0 aromatic rings. The molecule has 2 unspecified atom stereocenters. The van der Waals surface area contributed by atoms with Crippen molar-refractivity contribution in [3.05, 3.63) is 72.9 Å². The van der Waals surface area contributed by atoms with E-state index < -0.39 is 18.1 Å². The number of nitrogens with zero attached hydrogens (tertiary/aromatic N) is 1. The van der Waals surface area contributed by atoms with Crippen molar-refractivity contribution < 1.29 is 38.2 Å². The van der Waals surface area contributed by atoms with Crippen molar-refractivity contribution in [1.82, 2.24) is 0 Å². The molecule has 0 aromatic heterocycles. The van der Waals surface area contributed by atoms with Gasteiger partial charge >= 0.3 is 17.9 Å². The molecule has 0 aromatic carbocycles. The Labute approximate surface area is 355 Å². The number of carbonyl (C=O) groups is 3. The maximum Gasteiger partial charge on any atom is 0.362 e. The van der Waals surface area contributed by atoms with Crippen molar-refractivity contribution in [2.24, 2.45) is 0 Å². The molecule has 58 heavy (non-hydrogen) atoms. The van der Waals surface area contributed by atoms with Gasteiger partial charge in [-0.25, -0.2) is 4.79 Å². The van der Waals surface area contributed by atoms with E-state index in [4.69, 9.17) is 14.2 Å². The number of hydrogen-bond donors (Lipinski definition) is 1. The minimum atomic E-state index is -0.882. The predicted molar refractivity (Wildman–Crippen MR) is 243 cm³/mol. The second kappa shape index (κ2) is 40.5. The number of carboxylic acids is 1. The van der Waals surface area contributed by atoms with Gasteiger partial charge in [0, 0.05) is 19.3 Å². The topological polar surface area (TPSA) is 99.1 Å². The number of carboxylic acid groups (broad SMARTS) is 1. The molecule has 0 aliphatic carbocycles.